The van der Waals surface area contributed by atoms with E-state index in [1.54, 1.807) is 0 Å². The zero-order valence-corrected chi connectivity index (χ0v) is 12.1. The van der Waals surface area contributed by atoms with E-state index < -0.39 is 0 Å². The molecule has 0 radical (unpaired) electrons. The number of carbonyl (C=O) groups excluding carboxylic acids is 2. The lowest BCUT2D eigenvalue weighted by Gasteiger charge is -2.33. The Morgan fingerprint density at radius 1 is 1.45 bits per heavy atom. The van der Waals surface area contributed by atoms with Crippen LogP contribution in [0.2, 0.25) is 0 Å². The number of methoxy groups -OCH3 is 1. The first kappa shape index (κ1) is 15.0. The summed E-state index contributed by atoms with van der Waals surface area (Å²) in [5, 5.41) is 0. The standard InChI is InChI=1S/C15H23NO4/c1-19-15(18)10-13-11-16(7-8-20-13)14(17)9-12-5-3-2-4-6-12/h5,13H,2-4,6-11H2,1H3. The van der Waals surface area contributed by atoms with Crippen molar-refractivity contribution in [2.75, 3.05) is 26.8 Å². The summed E-state index contributed by atoms with van der Waals surface area (Å²) in [6.07, 6.45) is 7.25. The maximum atomic E-state index is 12.3. The predicted molar refractivity (Wildman–Crippen MR) is 74.1 cm³/mol. The minimum atomic E-state index is -0.292. The van der Waals surface area contributed by atoms with Crippen LogP contribution in [0, 0.1) is 0 Å². The molecule has 0 aromatic rings. The number of morpholine rings is 1. The fraction of sp³-hybridized carbons (Fsp3) is 0.733. The molecule has 20 heavy (non-hydrogen) atoms. The predicted octanol–water partition coefficient (Wildman–Crippen LogP) is 1.67. The van der Waals surface area contributed by atoms with Crippen LogP contribution in [0.1, 0.15) is 38.5 Å². The molecule has 1 aliphatic heterocycles. The highest BCUT2D eigenvalue weighted by Gasteiger charge is 2.26. The number of nitrogens with zero attached hydrogens (tertiary/aromatic N) is 1. The van der Waals surface area contributed by atoms with Gasteiger partial charge in [0.15, 0.2) is 0 Å². The Bertz CT molecular complexity index is 391. The third-order valence-corrected chi connectivity index (χ3v) is 3.88. The van der Waals surface area contributed by atoms with E-state index in [9.17, 15) is 9.59 Å². The average molecular weight is 281 g/mol. The molecule has 0 bridgehead atoms. The van der Waals surface area contributed by atoms with Crippen LogP contribution >= 0.6 is 0 Å². The van der Waals surface area contributed by atoms with Crippen molar-refractivity contribution < 1.29 is 19.1 Å². The van der Waals surface area contributed by atoms with Crippen molar-refractivity contribution in [3.05, 3.63) is 11.6 Å². The molecule has 0 aromatic heterocycles. The fourth-order valence-electron chi connectivity index (χ4n) is 2.71. The summed E-state index contributed by atoms with van der Waals surface area (Å²) in [7, 11) is 1.36. The maximum absolute atomic E-state index is 12.3. The lowest BCUT2D eigenvalue weighted by molar-refractivity contribution is -0.149. The number of carbonyl (C=O) groups is 2. The highest BCUT2D eigenvalue weighted by atomic mass is 16.5. The van der Waals surface area contributed by atoms with Crippen molar-refractivity contribution >= 4 is 11.9 Å². The number of ether oxygens (including phenoxy) is 2. The zero-order valence-electron chi connectivity index (χ0n) is 12.1. The molecule has 1 unspecified atom stereocenters. The van der Waals surface area contributed by atoms with Gasteiger partial charge in [-0.1, -0.05) is 11.6 Å². The summed E-state index contributed by atoms with van der Waals surface area (Å²) < 4.78 is 10.2. The van der Waals surface area contributed by atoms with Crippen molar-refractivity contribution in [3.8, 4) is 0 Å². The van der Waals surface area contributed by atoms with Crippen LogP contribution in [0.5, 0.6) is 0 Å². The van der Waals surface area contributed by atoms with Gasteiger partial charge in [0.05, 0.1) is 26.2 Å². The quantitative estimate of drug-likeness (QED) is 0.581. The highest BCUT2D eigenvalue weighted by molar-refractivity contribution is 5.79. The van der Waals surface area contributed by atoms with E-state index in [2.05, 4.69) is 10.8 Å². The zero-order chi connectivity index (χ0) is 14.4. The molecule has 1 fully saturated rings. The molecular weight excluding hydrogens is 258 g/mol. The summed E-state index contributed by atoms with van der Waals surface area (Å²) in [5.74, 6) is -0.143. The van der Waals surface area contributed by atoms with E-state index in [4.69, 9.17) is 4.74 Å². The van der Waals surface area contributed by atoms with Crippen LogP contribution in [-0.4, -0.2) is 49.7 Å². The van der Waals surface area contributed by atoms with Crippen LogP contribution < -0.4 is 0 Å². The molecule has 2 aliphatic rings. The fourth-order valence-corrected chi connectivity index (χ4v) is 2.71. The highest BCUT2D eigenvalue weighted by Crippen LogP contribution is 2.21. The van der Waals surface area contributed by atoms with Gasteiger partial charge < -0.3 is 14.4 Å². The number of rotatable bonds is 4. The van der Waals surface area contributed by atoms with Gasteiger partial charge >= 0.3 is 5.97 Å². The number of esters is 1. The smallest absolute Gasteiger partial charge is 0.308 e. The van der Waals surface area contributed by atoms with Gasteiger partial charge in [-0.05, 0) is 25.7 Å². The Morgan fingerprint density at radius 2 is 2.30 bits per heavy atom. The van der Waals surface area contributed by atoms with E-state index in [1.165, 1.54) is 25.5 Å². The maximum Gasteiger partial charge on any atom is 0.308 e. The second-order valence-electron chi connectivity index (χ2n) is 5.40. The molecule has 0 saturated carbocycles. The van der Waals surface area contributed by atoms with E-state index in [-0.39, 0.29) is 24.4 Å². The third-order valence-electron chi connectivity index (χ3n) is 3.88. The van der Waals surface area contributed by atoms with Gasteiger partial charge in [0.2, 0.25) is 5.91 Å². The van der Waals surface area contributed by atoms with Crippen molar-refractivity contribution in [1.82, 2.24) is 4.90 Å². The summed E-state index contributed by atoms with van der Waals surface area (Å²) in [4.78, 5) is 25.4. The summed E-state index contributed by atoms with van der Waals surface area (Å²) >= 11 is 0. The SMILES string of the molecule is COC(=O)CC1CN(C(=O)CC2=CCCCC2)CCO1. The molecule has 5 nitrogen and oxygen atoms in total. The largest absolute Gasteiger partial charge is 0.469 e. The summed E-state index contributed by atoms with van der Waals surface area (Å²) in [6, 6.07) is 0. The summed E-state index contributed by atoms with van der Waals surface area (Å²) in [5.41, 5.74) is 1.26. The molecule has 112 valence electrons. The van der Waals surface area contributed by atoms with Crippen LogP contribution in [0.25, 0.3) is 0 Å². The molecule has 0 N–H and O–H groups in total. The third kappa shape index (κ3) is 4.34. The van der Waals surface area contributed by atoms with Gasteiger partial charge in [0, 0.05) is 19.5 Å². The van der Waals surface area contributed by atoms with E-state index in [1.807, 2.05) is 4.90 Å². The second kappa shape index (κ2) is 7.43. The Kier molecular flexibility index (Phi) is 5.59. The van der Waals surface area contributed by atoms with Crippen LogP contribution in [-0.2, 0) is 19.1 Å². The number of amides is 1. The lowest BCUT2D eigenvalue weighted by Crippen LogP contribution is -2.46. The Balaban J connectivity index is 1.83. The normalized spacial score (nSPS) is 23.1. The van der Waals surface area contributed by atoms with Crippen LogP contribution in [0.3, 0.4) is 0 Å². The van der Waals surface area contributed by atoms with Crippen LogP contribution in [0.15, 0.2) is 11.6 Å². The topological polar surface area (TPSA) is 55.8 Å². The molecule has 1 heterocycles. The van der Waals surface area contributed by atoms with Gasteiger partial charge in [0.1, 0.15) is 0 Å². The van der Waals surface area contributed by atoms with Crippen molar-refractivity contribution in [3.63, 3.8) is 0 Å². The first-order chi connectivity index (χ1) is 9.69. The summed E-state index contributed by atoms with van der Waals surface area (Å²) in [6.45, 7) is 1.59. The van der Waals surface area contributed by atoms with E-state index in [0.717, 1.165) is 12.8 Å². The monoisotopic (exact) mass is 281 g/mol. The molecule has 1 saturated heterocycles. The molecule has 0 aromatic carbocycles. The van der Waals surface area contributed by atoms with E-state index >= 15 is 0 Å². The number of hydrogen-bond acceptors (Lipinski definition) is 4. The van der Waals surface area contributed by atoms with Gasteiger partial charge in [-0.25, -0.2) is 0 Å². The number of hydrogen-bond donors (Lipinski definition) is 0. The molecular formula is C15H23NO4. The molecule has 1 atom stereocenters. The number of allylic oxidation sites excluding steroid dienone is 1. The molecule has 5 heteroatoms. The second-order valence-corrected chi connectivity index (χ2v) is 5.40. The molecule has 0 spiro atoms. The first-order valence-corrected chi connectivity index (χ1v) is 7.33. The van der Waals surface area contributed by atoms with Crippen molar-refractivity contribution in [2.24, 2.45) is 0 Å². The molecule has 1 aliphatic carbocycles. The van der Waals surface area contributed by atoms with Crippen molar-refractivity contribution in [1.29, 1.82) is 0 Å². The van der Waals surface area contributed by atoms with E-state index in [0.29, 0.717) is 26.1 Å². The van der Waals surface area contributed by atoms with Gasteiger partial charge in [-0.3, -0.25) is 9.59 Å². The Morgan fingerprint density at radius 3 is 3.00 bits per heavy atom. The van der Waals surface area contributed by atoms with Gasteiger partial charge in [0.25, 0.3) is 0 Å². The van der Waals surface area contributed by atoms with Gasteiger partial charge in [-0.15, -0.1) is 0 Å². The minimum absolute atomic E-state index is 0.149. The molecule has 2 rings (SSSR count). The molecule has 1 amide bonds. The first-order valence-electron chi connectivity index (χ1n) is 7.33. The van der Waals surface area contributed by atoms with Gasteiger partial charge in [-0.2, -0.15) is 0 Å². The minimum Gasteiger partial charge on any atom is -0.469 e. The Hall–Kier alpha value is -1.36. The van der Waals surface area contributed by atoms with Crippen LogP contribution in [0.4, 0.5) is 0 Å². The average Bonchev–Trinajstić information content (AvgIpc) is 2.48. The van der Waals surface area contributed by atoms with Crippen molar-refractivity contribution in [2.45, 2.75) is 44.6 Å². The Labute approximate surface area is 119 Å². The lowest BCUT2D eigenvalue weighted by atomic mass is 9.96.